The minimum absolute atomic E-state index is 0.0915. The van der Waals surface area contributed by atoms with E-state index in [9.17, 15) is 28.1 Å². The van der Waals surface area contributed by atoms with Crippen LogP contribution < -0.4 is 16.0 Å². The van der Waals surface area contributed by atoms with Crippen molar-refractivity contribution in [1.82, 2.24) is 5.32 Å². The number of nitrogens with zero attached hydrogens (tertiary/aromatic N) is 2. The maximum absolute atomic E-state index is 13.3. The van der Waals surface area contributed by atoms with Crippen molar-refractivity contribution in [3.63, 3.8) is 0 Å². The van der Waals surface area contributed by atoms with Gasteiger partial charge in [-0.1, -0.05) is 0 Å². The fourth-order valence-corrected chi connectivity index (χ4v) is 3.04. The van der Waals surface area contributed by atoms with Crippen LogP contribution in [0.2, 0.25) is 0 Å². The zero-order valence-electron chi connectivity index (χ0n) is 15.7. The van der Waals surface area contributed by atoms with Gasteiger partial charge in [0.25, 0.3) is 11.6 Å². The molecule has 0 aromatic heterocycles. The Morgan fingerprint density at radius 3 is 2.50 bits per heavy atom. The monoisotopic (exact) mass is 424 g/mol. The van der Waals surface area contributed by atoms with E-state index in [0.29, 0.717) is 31.9 Å². The molecule has 0 spiro atoms. The normalized spacial score (nSPS) is 14.4. The zero-order chi connectivity index (χ0) is 21.9. The van der Waals surface area contributed by atoms with Crippen LogP contribution in [0.25, 0.3) is 0 Å². The minimum atomic E-state index is -4.61. The number of non-ortho nitro benzene ring substituents is 1. The first kappa shape index (κ1) is 21.4. The lowest BCUT2D eigenvalue weighted by molar-refractivity contribution is -0.384. The molecule has 0 atom stereocenters. The molecular weight excluding hydrogens is 405 g/mol. The molecule has 1 amide bonds. The number of anilines is 2. The summed E-state index contributed by atoms with van der Waals surface area (Å²) in [6.07, 6.45) is -4.61. The maximum atomic E-state index is 13.3. The number of hydrogen-bond donors (Lipinski definition) is 2. The lowest BCUT2D eigenvalue weighted by Crippen LogP contribution is -2.36. The van der Waals surface area contributed by atoms with Crippen molar-refractivity contribution in [2.45, 2.75) is 12.7 Å². The smallest absolute Gasteiger partial charge is 0.398 e. The number of rotatable bonds is 5. The molecule has 3 rings (SSSR count). The molecule has 0 saturated carbocycles. The second-order valence-corrected chi connectivity index (χ2v) is 6.69. The van der Waals surface area contributed by atoms with E-state index >= 15 is 0 Å². The number of halogens is 3. The van der Waals surface area contributed by atoms with E-state index < -0.39 is 22.6 Å². The molecule has 1 aliphatic rings. The highest BCUT2D eigenvalue weighted by Crippen LogP contribution is 2.33. The highest BCUT2D eigenvalue weighted by molar-refractivity contribution is 5.95. The van der Waals surface area contributed by atoms with Crippen LogP contribution in [0.1, 0.15) is 21.5 Å². The molecule has 0 unspecified atom stereocenters. The van der Waals surface area contributed by atoms with E-state index in [4.69, 9.17) is 10.5 Å². The first-order chi connectivity index (χ1) is 14.1. The summed E-state index contributed by atoms with van der Waals surface area (Å²) in [6.45, 7) is 1.52. The zero-order valence-corrected chi connectivity index (χ0v) is 15.7. The molecule has 3 N–H and O–H groups in total. The van der Waals surface area contributed by atoms with Crippen molar-refractivity contribution in [2.75, 3.05) is 36.9 Å². The van der Waals surface area contributed by atoms with E-state index in [1.54, 1.807) is 4.90 Å². The topological polar surface area (TPSA) is 111 Å². The lowest BCUT2D eigenvalue weighted by atomic mass is 10.1. The predicted octanol–water partition coefficient (Wildman–Crippen LogP) is 2.96. The van der Waals surface area contributed by atoms with Gasteiger partial charge in [0.1, 0.15) is 0 Å². The van der Waals surface area contributed by atoms with Gasteiger partial charge in [-0.15, -0.1) is 0 Å². The van der Waals surface area contributed by atoms with Gasteiger partial charge in [0.15, 0.2) is 0 Å². The van der Waals surface area contributed by atoms with Crippen molar-refractivity contribution in [1.29, 1.82) is 0 Å². The van der Waals surface area contributed by atoms with E-state index in [2.05, 4.69) is 5.32 Å². The number of nitrogen functional groups attached to an aromatic ring is 1. The molecule has 0 aliphatic carbocycles. The molecule has 0 radical (unpaired) electrons. The van der Waals surface area contributed by atoms with Crippen molar-refractivity contribution in [3.8, 4) is 0 Å². The molecule has 11 heteroatoms. The van der Waals surface area contributed by atoms with Crippen LogP contribution in [0.15, 0.2) is 36.4 Å². The molecule has 1 fully saturated rings. The standard InChI is InChI=1S/C19H19F3N4O4/c20-19(21,22)14-7-13(8-16(9-14)25-3-5-30-6-4-25)18(27)24-11-12-1-2-15(26(28)29)10-17(12)23/h1-2,7-10H,3-6,11,23H2,(H,24,27). The Morgan fingerprint density at radius 1 is 1.20 bits per heavy atom. The average Bonchev–Trinajstić information content (AvgIpc) is 2.72. The Morgan fingerprint density at radius 2 is 1.90 bits per heavy atom. The molecular formula is C19H19F3N4O4. The van der Waals surface area contributed by atoms with Gasteiger partial charge in [-0.25, -0.2) is 0 Å². The number of nitrogens with one attached hydrogen (secondary N) is 1. The van der Waals surface area contributed by atoms with E-state index in [1.165, 1.54) is 18.2 Å². The van der Waals surface area contributed by atoms with Gasteiger partial charge in [0.2, 0.25) is 0 Å². The third kappa shape index (κ3) is 4.98. The first-order valence-corrected chi connectivity index (χ1v) is 9.01. The fourth-order valence-electron chi connectivity index (χ4n) is 3.04. The number of carbonyl (C=O) groups excluding carboxylic acids is 1. The number of morpholine rings is 1. The van der Waals surface area contributed by atoms with Gasteiger partial charge in [0, 0.05) is 48.7 Å². The average molecular weight is 424 g/mol. The largest absolute Gasteiger partial charge is 0.416 e. The number of nitro benzene ring substituents is 1. The lowest BCUT2D eigenvalue weighted by Gasteiger charge is -2.29. The number of nitrogens with two attached hydrogens (primary N) is 1. The second kappa shape index (κ2) is 8.57. The van der Waals surface area contributed by atoms with Crippen LogP contribution in [0.3, 0.4) is 0 Å². The quantitative estimate of drug-likeness (QED) is 0.434. The Bertz CT molecular complexity index is 959. The molecule has 30 heavy (non-hydrogen) atoms. The van der Waals surface area contributed by atoms with Crippen molar-refractivity contribution >= 4 is 23.0 Å². The molecule has 1 saturated heterocycles. The number of carbonyl (C=O) groups is 1. The SMILES string of the molecule is Nc1cc([N+](=O)[O-])ccc1CNC(=O)c1cc(N2CCOCC2)cc(C(F)(F)F)c1. The van der Waals surface area contributed by atoms with E-state index in [-0.39, 0.29) is 29.2 Å². The molecule has 2 aromatic rings. The van der Waals surface area contributed by atoms with Gasteiger partial charge in [-0.05, 0) is 29.8 Å². The Kier molecular flexibility index (Phi) is 6.11. The van der Waals surface area contributed by atoms with Crippen molar-refractivity contribution < 1.29 is 27.6 Å². The highest BCUT2D eigenvalue weighted by atomic mass is 19.4. The molecule has 8 nitrogen and oxygen atoms in total. The summed E-state index contributed by atoms with van der Waals surface area (Å²) in [5.74, 6) is -0.714. The summed E-state index contributed by atoms with van der Waals surface area (Å²) in [7, 11) is 0. The van der Waals surface area contributed by atoms with Crippen LogP contribution in [-0.2, 0) is 17.5 Å². The Labute approximate surface area is 169 Å². The summed E-state index contributed by atoms with van der Waals surface area (Å²) in [4.78, 5) is 24.4. The second-order valence-electron chi connectivity index (χ2n) is 6.69. The van der Waals surface area contributed by atoms with Gasteiger partial charge in [-0.3, -0.25) is 14.9 Å². The van der Waals surface area contributed by atoms with Gasteiger partial charge in [0.05, 0.1) is 23.7 Å². The first-order valence-electron chi connectivity index (χ1n) is 9.01. The molecule has 160 valence electrons. The summed E-state index contributed by atoms with van der Waals surface area (Å²) >= 11 is 0. The predicted molar refractivity (Wildman–Crippen MR) is 103 cm³/mol. The fraction of sp³-hybridized carbons (Fsp3) is 0.316. The summed E-state index contributed by atoms with van der Waals surface area (Å²) in [6, 6.07) is 6.98. The van der Waals surface area contributed by atoms with Crippen LogP contribution >= 0.6 is 0 Å². The van der Waals surface area contributed by atoms with E-state index in [1.807, 2.05) is 0 Å². The molecule has 0 bridgehead atoms. The van der Waals surface area contributed by atoms with Crippen LogP contribution in [0, 0.1) is 10.1 Å². The Hall–Kier alpha value is -3.34. The molecule has 1 heterocycles. The molecule has 2 aromatic carbocycles. The third-order valence-electron chi connectivity index (χ3n) is 4.66. The third-order valence-corrected chi connectivity index (χ3v) is 4.66. The van der Waals surface area contributed by atoms with Crippen molar-refractivity contribution in [2.24, 2.45) is 0 Å². The number of ether oxygens (including phenoxy) is 1. The highest BCUT2D eigenvalue weighted by Gasteiger charge is 2.32. The minimum Gasteiger partial charge on any atom is -0.398 e. The van der Waals surface area contributed by atoms with Gasteiger partial charge in [-0.2, -0.15) is 13.2 Å². The number of nitro groups is 1. The number of amides is 1. The van der Waals surface area contributed by atoms with Crippen LogP contribution in [0.4, 0.5) is 30.2 Å². The maximum Gasteiger partial charge on any atom is 0.416 e. The molecule has 1 aliphatic heterocycles. The van der Waals surface area contributed by atoms with E-state index in [0.717, 1.165) is 18.2 Å². The van der Waals surface area contributed by atoms with Gasteiger partial charge < -0.3 is 20.7 Å². The number of hydrogen-bond acceptors (Lipinski definition) is 6. The van der Waals surface area contributed by atoms with Crippen LogP contribution in [0.5, 0.6) is 0 Å². The summed E-state index contributed by atoms with van der Waals surface area (Å²) in [5, 5.41) is 13.3. The Balaban J connectivity index is 1.81. The van der Waals surface area contributed by atoms with Crippen LogP contribution in [-0.4, -0.2) is 37.1 Å². The summed E-state index contributed by atoms with van der Waals surface area (Å²) < 4.78 is 45.2. The number of alkyl halides is 3. The van der Waals surface area contributed by atoms with Gasteiger partial charge >= 0.3 is 6.18 Å². The summed E-state index contributed by atoms with van der Waals surface area (Å²) in [5.41, 5.74) is 5.29. The van der Waals surface area contributed by atoms with Crippen molar-refractivity contribution in [3.05, 3.63) is 63.2 Å². The number of benzene rings is 2.